The molecule has 10 heteroatoms. The minimum atomic E-state index is -0.432. The normalized spacial score (nSPS) is 12.4. The number of halogens is 2. The van der Waals surface area contributed by atoms with Crippen LogP contribution < -0.4 is 10.3 Å². The van der Waals surface area contributed by atoms with Crippen molar-refractivity contribution >= 4 is 52.9 Å². The summed E-state index contributed by atoms with van der Waals surface area (Å²) in [7, 11) is 0. The van der Waals surface area contributed by atoms with Gasteiger partial charge in [-0.3, -0.25) is 14.6 Å². The predicted molar refractivity (Wildman–Crippen MR) is 128 cm³/mol. The molecular formula is C23H16Cl2N6O2. The van der Waals surface area contributed by atoms with Crippen molar-refractivity contribution < 1.29 is 9.59 Å². The molecule has 2 aromatic heterocycles. The van der Waals surface area contributed by atoms with E-state index in [2.05, 4.69) is 20.3 Å². The van der Waals surface area contributed by atoms with Gasteiger partial charge in [-0.15, -0.1) is 0 Å². The van der Waals surface area contributed by atoms with Gasteiger partial charge in [-0.2, -0.15) is 0 Å². The average molecular weight is 479 g/mol. The molecule has 0 atom stereocenters. The topological polar surface area (TPSA) is 90.8 Å². The molecule has 0 saturated carbocycles. The first-order valence-corrected chi connectivity index (χ1v) is 10.4. The molecular weight excluding hydrogens is 463 g/mol. The molecule has 1 aliphatic heterocycles. The van der Waals surface area contributed by atoms with Crippen LogP contribution in [0.25, 0.3) is 0 Å². The highest BCUT2D eigenvalue weighted by atomic mass is 35.5. The van der Waals surface area contributed by atoms with Crippen LogP contribution in [0.5, 0.6) is 0 Å². The zero-order chi connectivity index (χ0) is 23.2. The Hall–Kier alpha value is -4.01. The maximum atomic E-state index is 13.3. The van der Waals surface area contributed by atoms with Crippen LogP contribution in [0.15, 0.2) is 90.5 Å². The lowest BCUT2D eigenvalue weighted by Gasteiger charge is -2.31. The highest BCUT2D eigenvalue weighted by Gasteiger charge is 2.26. The number of hydrogen-bond acceptors (Lipinski definition) is 6. The summed E-state index contributed by atoms with van der Waals surface area (Å²) >= 11 is 12.4. The summed E-state index contributed by atoms with van der Waals surface area (Å²) in [5.41, 5.74) is 0.835. The number of nitrogens with one attached hydrogen (secondary N) is 1. The Labute approximate surface area is 199 Å². The van der Waals surface area contributed by atoms with Gasteiger partial charge < -0.3 is 5.32 Å². The molecule has 1 N–H and O–H groups in total. The fraction of sp³-hybridized carbons (Fsp3) is 0. The van der Waals surface area contributed by atoms with E-state index in [-0.39, 0.29) is 16.3 Å². The highest BCUT2D eigenvalue weighted by molar-refractivity contribution is 6.34. The lowest BCUT2D eigenvalue weighted by molar-refractivity contribution is 0.0949. The van der Waals surface area contributed by atoms with Crippen molar-refractivity contribution in [3.63, 3.8) is 0 Å². The molecule has 0 saturated heterocycles. The number of allylic oxidation sites excluding steroid dienone is 2. The van der Waals surface area contributed by atoms with Gasteiger partial charge in [0.25, 0.3) is 11.8 Å². The monoisotopic (exact) mass is 478 g/mol. The molecule has 3 heterocycles. The van der Waals surface area contributed by atoms with Crippen molar-refractivity contribution in [2.75, 3.05) is 10.3 Å². The van der Waals surface area contributed by atoms with Crippen LogP contribution in [0.1, 0.15) is 20.8 Å². The first kappa shape index (κ1) is 22.2. The number of hydrazine groups is 1. The summed E-state index contributed by atoms with van der Waals surface area (Å²) in [6.45, 7) is 0. The van der Waals surface area contributed by atoms with E-state index < -0.39 is 11.8 Å². The van der Waals surface area contributed by atoms with E-state index in [1.165, 1.54) is 34.8 Å². The Balaban J connectivity index is 1.66. The van der Waals surface area contributed by atoms with Crippen LogP contribution in [0.2, 0.25) is 10.0 Å². The fourth-order valence-electron chi connectivity index (χ4n) is 2.90. The Morgan fingerprint density at radius 2 is 1.88 bits per heavy atom. The molecule has 0 radical (unpaired) electrons. The van der Waals surface area contributed by atoms with Gasteiger partial charge in [-0.05, 0) is 54.6 Å². The quantitative estimate of drug-likeness (QED) is 0.558. The summed E-state index contributed by atoms with van der Waals surface area (Å²) < 4.78 is 0. The molecule has 0 aliphatic carbocycles. The molecule has 0 fully saturated rings. The van der Waals surface area contributed by atoms with E-state index in [1.807, 2.05) is 0 Å². The van der Waals surface area contributed by atoms with E-state index in [9.17, 15) is 9.59 Å². The van der Waals surface area contributed by atoms with Crippen LogP contribution in [-0.2, 0) is 0 Å². The minimum absolute atomic E-state index is 0.176. The van der Waals surface area contributed by atoms with Gasteiger partial charge in [-0.1, -0.05) is 29.3 Å². The van der Waals surface area contributed by atoms with E-state index in [4.69, 9.17) is 23.2 Å². The number of aliphatic imine (C=N–C) groups is 1. The van der Waals surface area contributed by atoms with Crippen LogP contribution in [-0.4, -0.2) is 33.1 Å². The number of nitrogens with zero attached hydrogens (tertiary/aromatic N) is 5. The zero-order valence-electron chi connectivity index (χ0n) is 17.0. The zero-order valence-corrected chi connectivity index (χ0v) is 18.5. The summed E-state index contributed by atoms with van der Waals surface area (Å²) in [6, 6.07) is 12.8. The number of pyridine rings is 2. The first-order chi connectivity index (χ1) is 16.0. The van der Waals surface area contributed by atoms with Gasteiger partial charge >= 0.3 is 0 Å². The molecule has 1 aliphatic rings. The molecule has 1 aromatic carbocycles. The van der Waals surface area contributed by atoms with E-state index in [0.29, 0.717) is 16.5 Å². The molecule has 2 amide bonds. The second-order valence-corrected chi connectivity index (χ2v) is 7.49. The van der Waals surface area contributed by atoms with Gasteiger partial charge in [-0.25, -0.2) is 20.0 Å². The molecule has 0 bridgehead atoms. The molecule has 0 spiro atoms. The average Bonchev–Trinajstić information content (AvgIpc) is 3.11. The van der Waals surface area contributed by atoms with Gasteiger partial charge in [0.05, 0.1) is 15.7 Å². The number of rotatable bonds is 5. The molecule has 3 aromatic rings. The Morgan fingerprint density at radius 1 is 1.00 bits per heavy atom. The molecule has 0 unspecified atom stereocenters. The van der Waals surface area contributed by atoms with E-state index >= 15 is 0 Å². The van der Waals surface area contributed by atoms with Crippen LogP contribution in [0, 0.1) is 0 Å². The molecule has 164 valence electrons. The fourth-order valence-corrected chi connectivity index (χ4v) is 3.27. The maximum absolute atomic E-state index is 13.3. The smallest absolute Gasteiger partial charge is 0.296 e. The second kappa shape index (κ2) is 10.1. The van der Waals surface area contributed by atoms with E-state index in [0.717, 1.165) is 0 Å². The number of carbonyl (C=O) groups excluding carboxylic acids is 2. The predicted octanol–water partition coefficient (Wildman–Crippen LogP) is 4.97. The van der Waals surface area contributed by atoms with Gasteiger partial charge in [0, 0.05) is 30.4 Å². The third-order valence-electron chi connectivity index (χ3n) is 4.42. The summed E-state index contributed by atoms with van der Waals surface area (Å²) in [5, 5.41) is 6.11. The molecule has 8 nitrogen and oxygen atoms in total. The number of benzene rings is 1. The van der Waals surface area contributed by atoms with Crippen molar-refractivity contribution in [2.24, 2.45) is 4.99 Å². The van der Waals surface area contributed by atoms with Gasteiger partial charge in [0.1, 0.15) is 17.9 Å². The Morgan fingerprint density at radius 3 is 2.61 bits per heavy atom. The summed E-state index contributed by atoms with van der Waals surface area (Å²) in [5.74, 6) is -0.505. The van der Waals surface area contributed by atoms with Gasteiger partial charge in [0.2, 0.25) is 0 Å². The number of anilines is 2. The highest BCUT2D eigenvalue weighted by Crippen LogP contribution is 2.30. The van der Waals surface area contributed by atoms with Crippen molar-refractivity contribution in [1.82, 2.24) is 15.0 Å². The lowest BCUT2D eigenvalue weighted by Crippen LogP contribution is -2.43. The third-order valence-corrected chi connectivity index (χ3v) is 4.95. The van der Waals surface area contributed by atoms with Crippen molar-refractivity contribution in [3.05, 3.63) is 107 Å². The Bertz CT molecular complexity index is 1240. The standard InChI is InChI=1S/C23H16Cl2N6O2/c24-17-7-9-21(28-14-17)29-22(32)16-6-8-20(18(25)13-16)31(30-12-4-3-10-26-15-30)23(33)19-5-1-2-11-27-19/h1-15H,(H,28,29,32). The number of amides is 2. The number of carbonyl (C=O) groups is 2. The van der Waals surface area contributed by atoms with Gasteiger partial charge in [0.15, 0.2) is 0 Å². The van der Waals surface area contributed by atoms with Crippen LogP contribution >= 0.6 is 23.2 Å². The van der Waals surface area contributed by atoms with Crippen LogP contribution in [0.3, 0.4) is 0 Å². The SMILES string of the molecule is O=C(Nc1ccc(Cl)cn1)c1ccc(N(C(=O)c2ccccn2)N2C=CC=CN=C2)c(Cl)c1. The summed E-state index contributed by atoms with van der Waals surface area (Å²) in [6.07, 6.45) is 11.1. The maximum Gasteiger partial charge on any atom is 0.296 e. The molecule has 4 rings (SSSR count). The summed E-state index contributed by atoms with van der Waals surface area (Å²) in [4.78, 5) is 38.3. The second-order valence-electron chi connectivity index (χ2n) is 6.64. The van der Waals surface area contributed by atoms with Crippen molar-refractivity contribution in [3.8, 4) is 0 Å². The van der Waals surface area contributed by atoms with Crippen LogP contribution in [0.4, 0.5) is 11.5 Å². The lowest BCUT2D eigenvalue weighted by atomic mass is 10.1. The minimum Gasteiger partial charge on any atom is -0.307 e. The first-order valence-electron chi connectivity index (χ1n) is 9.66. The van der Waals surface area contributed by atoms with Crippen molar-refractivity contribution in [2.45, 2.75) is 0 Å². The number of aromatic nitrogens is 2. The third kappa shape index (κ3) is 5.25. The molecule has 33 heavy (non-hydrogen) atoms. The largest absolute Gasteiger partial charge is 0.307 e. The van der Waals surface area contributed by atoms with E-state index in [1.54, 1.807) is 67.0 Å². The number of hydrogen-bond donors (Lipinski definition) is 1. The Kier molecular flexibility index (Phi) is 6.77. The van der Waals surface area contributed by atoms with Crippen molar-refractivity contribution in [1.29, 1.82) is 0 Å².